The number of carbonyl (C=O) groups is 1. The van der Waals surface area contributed by atoms with Crippen LogP contribution in [0.1, 0.15) is 11.5 Å². The van der Waals surface area contributed by atoms with Gasteiger partial charge in [0.15, 0.2) is 0 Å². The van der Waals surface area contributed by atoms with Crippen molar-refractivity contribution in [3.05, 3.63) is 34.3 Å². The van der Waals surface area contributed by atoms with Crippen LogP contribution in [0.4, 0.5) is 0 Å². The van der Waals surface area contributed by atoms with E-state index in [9.17, 15) is 4.79 Å². The van der Waals surface area contributed by atoms with Gasteiger partial charge in [-0.15, -0.1) is 0 Å². The normalized spacial score (nSPS) is 12.5. The lowest BCUT2D eigenvalue weighted by Gasteiger charge is -2.08. The van der Waals surface area contributed by atoms with Crippen LogP contribution < -0.4 is 0 Å². The molecule has 13 heavy (non-hydrogen) atoms. The van der Waals surface area contributed by atoms with Gasteiger partial charge in [-0.1, -0.05) is 28.1 Å². The zero-order chi connectivity index (χ0) is 9.84. The summed E-state index contributed by atoms with van der Waals surface area (Å²) in [6.07, 6.45) is 0. The minimum absolute atomic E-state index is 0.316. The molecular formula is C9H9BrO2S. The molecule has 0 saturated carbocycles. The van der Waals surface area contributed by atoms with Gasteiger partial charge in [0.05, 0.1) is 5.92 Å². The van der Waals surface area contributed by atoms with Gasteiger partial charge in [0.25, 0.3) is 0 Å². The molecule has 2 nitrogen and oxygen atoms in total. The standard InChI is InChI=1S/C9H9BrO2S/c10-7-3-1-6(2-4-7)8(5-13)9(11)12/h1-4,8,13H,5H2,(H,11,12). The molecule has 0 aromatic heterocycles. The fourth-order valence-corrected chi connectivity index (χ4v) is 1.65. The van der Waals surface area contributed by atoms with Gasteiger partial charge in [0.2, 0.25) is 0 Å². The van der Waals surface area contributed by atoms with E-state index in [-0.39, 0.29) is 0 Å². The molecule has 1 rings (SSSR count). The number of carboxylic acids is 1. The molecule has 70 valence electrons. The summed E-state index contributed by atoms with van der Waals surface area (Å²) in [6.45, 7) is 0. The van der Waals surface area contributed by atoms with Crippen molar-refractivity contribution in [3.63, 3.8) is 0 Å². The number of thiol groups is 1. The average Bonchev–Trinajstić information content (AvgIpc) is 2.09. The number of halogens is 1. The van der Waals surface area contributed by atoms with Crippen molar-refractivity contribution in [2.75, 3.05) is 5.75 Å². The summed E-state index contributed by atoms with van der Waals surface area (Å²) in [5, 5.41) is 8.84. The Labute approximate surface area is 90.5 Å². The molecule has 0 fully saturated rings. The molecule has 0 radical (unpaired) electrons. The van der Waals surface area contributed by atoms with E-state index >= 15 is 0 Å². The Balaban J connectivity index is 2.92. The maximum Gasteiger partial charge on any atom is 0.311 e. The summed E-state index contributed by atoms with van der Waals surface area (Å²) >= 11 is 7.29. The van der Waals surface area contributed by atoms with Crippen LogP contribution in [-0.4, -0.2) is 16.8 Å². The molecule has 0 saturated heterocycles. The predicted molar refractivity (Wildman–Crippen MR) is 58.4 cm³/mol. The molecule has 0 aliphatic carbocycles. The van der Waals surface area contributed by atoms with Crippen LogP contribution in [0.15, 0.2) is 28.7 Å². The second kappa shape index (κ2) is 4.67. The van der Waals surface area contributed by atoms with Crippen LogP contribution in [0, 0.1) is 0 Å². The fourth-order valence-electron chi connectivity index (χ4n) is 1.02. The molecule has 1 N–H and O–H groups in total. The smallest absolute Gasteiger partial charge is 0.311 e. The second-order valence-corrected chi connectivity index (χ2v) is 3.91. The van der Waals surface area contributed by atoms with Gasteiger partial charge in [-0.25, -0.2) is 0 Å². The lowest BCUT2D eigenvalue weighted by molar-refractivity contribution is -0.138. The minimum Gasteiger partial charge on any atom is -0.481 e. The molecule has 0 aliphatic rings. The molecule has 1 unspecified atom stereocenters. The average molecular weight is 261 g/mol. The lowest BCUT2D eigenvalue weighted by Crippen LogP contribution is -2.12. The number of benzene rings is 1. The van der Waals surface area contributed by atoms with Gasteiger partial charge < -0.3 is 5.11 Å². The van der Waals surface area contributed by atoms with E-state index in [0.717, 1.165) is 10.0 Å². The van der Waals surface area contributed by atoms with Gasteiger partial charge in [0, 0.05) is 10.2 Å². The maximum absolute atomic E-state index is 10.8. The summed E-state index contributed by atoms with van der Waals surface area (Å²) in [5.74, 6) is -1.04. The van der Waals surface area contributed by atoms with E-state index in [4.69, 9.17) is 5.11 Å². The van der Waals surface area contributed by atoms with E-state index in [2.05, 4.69) is 28.6 Å². The third-order valence-electron chi connectivity index (χ3n) is 1.75. The van der Waals surface area contributed by atoms with Crippen LogP contribution in [0.3, 0.4) is 0 Å². The molecule has 4 heteroatoms. The Kier molecular flexibility index (Phi) is 3.81. The van der Waals surface area contributed by atoms with Crippen molar-refractivity contribution in [1.82, 2.24) is 0 Å². The first-order chi connectivity index (χ1) is 6.15. The summed E-state index contributed by atoms with van der Waals surface area (Å²) in [6, 6.07) is 7.24. The summed E-state index contributed by atoms with van der Waals surface area (Å²) in [4.78, 5) is 10.8. The summed E-state index contributed by atoms with van der Waals surface area (Å²) < 4.78 is 0.944. The Morgan fingerprint density at radius 1 is 1.46 bits per heavy atom. The molecule has 1 aromatic rings. The Morgan fingerprint density at radius 2 is 2.00 bits per heavy atom. The Morgan fingerprint density at radius 3 is 2.38 bits per heavy atom. The number of aliphatic carboxylic acids is 1. The van der Waals surface area contributed by atoms with E-state index in [0.29, 0.717) is 5.75 Å². The molecular weight excluding hydrogens is 252 g/mol. The van der Waals surface area contributed by atoms with Crippen molar-refractivity contribution in [2.45, 2.75) is 5.92 Å². The molecule has 1 atom stereocenters. The summed E-state index contributed by atoms with van der Waals surface area (Å²) in [5.41, 5.74) is 0.783. The van der Waals surface area contributed by atoms with Crippen LogP contribution in [-0.2, 0) is 4.79 Å². The van der Waals surface area contributed by atoms with E-state index in [1.54, 1.807) is 12.1 Å². The largest absolute Gasteiger partial charge is 0.481 e. The number of rotatable bonds is 3. The fraction of sp³-hybridized carbons (Fsp3) is 0.222. The van der Waals surface area contributed by atoms with Crippen molar-refractivity contribution < 1.29 is 9.90 Å². The molecule has 0 aliphatic heterocycles. The van der Waals surface area contributed by atoms with Gasteiger partial charge in [-0.2, -0.15) is 12.6 Å². The van der Waals surface area contributed by atoms with Crippen molar-refractivity contribution in [3.8, 4) is 0 Å². The quantitative estimate of drug-likeness (QED) is 0.820. The van der Waals surface area contributed by atoms with E-state index in [1.807, 2.05) is 12.1 Å². The Bertz CT molecular complexity index is 297. The van der Waals surface area contributed by atoms with Gasteiger partial charge >= 0.3 is 5.97 Å². The SMILES string of the molecule is O=C(O)C(CS)c1ccc(Br)cc1. The molecule has 0 spiro atoms. The van der Waals surface area contributed by atoms with Crippen LogP contribution in [0.5, 0.6) is 0 Å². The van der Waals surface area contributed by atoms with E-state index in [1.165, 1.54) is 0 Å². The molecule has 0 amide bonds. The highest BCUT2D eigenvalue weighted by molar-refractivity contribution is 9.10. The van der Waals surface area contributed by atoms with Gasteiger partial charge in [0.1, 0.15) is 0 Å². The highest BCUT2D eigenvalue weighted by atomic mass is 79.9. The zero-order valence-electron chi connectivity index (χ0n) is 6.77. The first kappa shape index (κ1) is 10.6. The zero-order valence-corrected chi connectivity index (χ0v) is 9.25. The second-order valence-electron chi connectivity index (χ2n) is 2.62. The van der Waals surface area contributed by atoms with Crippen LogP contribution in [0.2, 0.25) is 0 Å². The van der Waals surface area contributed by atoms with Crippen molar-refractivity contribution in [1.29, 1.82) is 0 Å². The number of hydrogen-bond donors (Lipinski definition) is 2. The van der Waals surface area contributed by atoms with Gasteiger partial charge in [-0.05, 0) is 17.7 Å². The minimum atomic E-state index is -0.836. The molecule has 0 bridgehead atoms. The Hall–Kier alpha value is -0.480. The summed E-state index contributed by atoms with van der Waals surface area (Å²) in [7, 11) is 0. The first-order valence-corrected chi connectivity index (χ1v) is 5.17. The molecule has 0 heterocycles. The van der Waals surface area contributed by atoms with Crippen LogP contribution in [0.25, 0.3) is 0 Å². The maximum atomic E-state index is 10.8. The molecule has 1 aromatic carbocycles. The number of hydrogen-bond acceptors (Lipinski definition) is 2. The van der Waals surface area contributed by atoms with Crippen molar-refractivity contribution in [2.24, 2.45) is 0 Å². The predicted octanol–water partition coefficient (Wildman–Crippen LogP) is 2.55. The third kappa shape index (κ3) is 2.74. The highest BCUT2D eigenvalue weighted by Gasteiger charge is 2.17. The lowest BCUT2D eigenvalue weighted by atomic mass is 10.0. The topological polar surface area (TPSA) is 37.3 Å². The monoisotopic (exact) mass is 260 g/mol. The third-order valence-corrected chi connectivity index (χ3v) is 2.65. The number of carboxylic acid groups (broad SMARTS) is 1. The van der Waals surface area contributed by atoms with Crippen molar-refractivity contribution >= 4 is 34.5 Å². The van der Waals surface area contributed by atoms with E-state index < -0.39 is 11.9 Å². The highest BCUT2D eigenvalue weighted by Crippen LogP contribution is 2.19. The van der Waals surface area contributed by atoms with Crippen LogP contribution >= 0.6 is 28.6 Å². The van der Waals surface area contributed by atoms with Gasteiger partial charge in [-0.3, -0.25) is 4.79 Å². The first-order valence-electron chi connectivity index (χ1n) is 3.74.